The Kier molecular flexibility index (Phi) is 3.77. The van der Waals surface area contributed by atoms with Gasteiger partial charge in [-0.25, -0.2) is 0 Å². The van der Waals surface area contributed by atoms with Gasteiger partial charge >= 0.3 is 0 Å². The van der Waals surface area contributed by atoms with E-state index in [2.05, 4.69) is 36.0 Å². The summed E-state index contributed by atoms with van der Waals surface area (Å²) in [7, 11) is 2.04. The smallest absolute Gasteiger partial charge is 0.225 e. The van der Waals surface area contributed by atoms with Crippen LogP contribution in [0.3, 0.4) is 0 Å². The van der Waals surface area contributed by atoms with Gasteiger partial charge in [-0.05, 0) is 37.3 Å². The summed E-state index contributed by atoms with van der Waals surface area (Å²) in [5.74, 6) is 2.86. The fraction of sp³-hybridized carbons (Fsp3) is 0.579. The molecule has 136 valence electrons. The highest BCUT2D eigenvalue weighted by Gasteiger charge is 2.47. The molecule has 3 aliphatic rings. The Morgan fingerprint density at radius 2 is 2.08 bits per heavy atom. The van der Waals surface area contributed by atoms with Crippen LogP contribution in [-0.4, -0.2) is 42.6 Å². The monoisotopic (exact) mass is 352 g/mol. The summed E-state index contributed by atoms with van der Waals surface area (Å²) < 4.78 is 2.11. The average molecular weight is 352 g/mol. The lowest BCUT2D eigenvalue weighted by Crippen LogP contribution is -2.37. The minimum absolute atomic E-state index is 0.0554. The number of nitrogens with zero attached hydrogens (tertiary/aromatic N) is 5. The van der Waals surface area contributed by atoms with E-state index in [0.29, 0.717) is 24.9 Å². The Labute approximate surface area is 152 Å². The van der Waals surface area contributed by atoms with Crippen LogP contribution in [0.15, 0.2) is 24.5 Å². The number of pyridine rings is 1. The third-order valence-electron chi connectivity index (χ3n) is 5.79. The number of carbonyl (C=O) groups is 1. The van der Waals surface area contributed by atoms with Crippen LogP contribution in [0, 0.1) is 0 Å². The van der Waals surface area contributed by atoms with E-state index in [9.17, 15) is 4.79 Å². The Hall–Kier alpha value is -2.28. The molecule has 26 heavy (non-hydrogen) atoms. The number of carbonyl (C=O) groups excluding carboxylic acids is 1. The van der Waals surface area contributed by atoms with Crippen LogP contribution in [0.5, 0.6) is 0 Å². The molecule has 3 heterocycles. The number of aromatic nitrogens is 4. The molecule has 2 aliphatic carbocycles. The third-order valence-corrected chi connectivity index (χ3v) is 5.79. The zero-order valence-electron chi connectivity index (χ0n) is 15.0. The summed E-state index contributed by atoms with van der Waals surface area (Å²) in [6.07, 6.45) is 8.87. The summed E-state index contributed by atoms with van der Waals surface area (Å²) in [5, 5.41) is 12.3. The Morgan fingerprint density at radius 1 is 1.23 bits per heavy atom. The maximum atomic E-state index is 12.7. The van der Waals surface area contributed by atoms with Crippen molar-refractivity contribution < 1.29 is 4.79 Å². The molecule has 0 bridgehead atoms. The Bertz CT molecular complexity index is 811. The highest BCUT2D eigenvalue weighted by atomic mass is 16.2. The fourth-order valence-corrected chi connectivity index (χ4v) is 4.11. The molecule has 1 saturated heterocycles. The van der Waals surface area contributed by atoms with Crippen molar-refractivity contribution in [3.05, 3.63) is 41.7 Å². The molecule has 0 aromatic carbocycles. The van der Waals surface area contributed by atoms with Crippen LogP contribution in [0.2, 0.25) is 0 Å². The first kappa shape index (κ1) is 15.9. The van der Waals surface area contributed by atoms with Gasteiger partial charge < -0.3 is 14.8 Å². The summed E-state index contributed by atoms with van der Waals surface area (Å²) in [6, 6.07) is 4.56. The molecule has 1 amide bonds. The molecular formula is C19H24N6O. The van der Waals surface area contributed by atoms with Gasteiger partial charge in [0.2, 0.25) is 5.91 Å². The molecule has 5 rings (SSSR count). The van der Waals surface area contributed by atoms with Crippen molar-refractivity contribution in [2.75, 3.05) is 0 Å². The van der Waals surface area contributed by atoms with Crippen molar-refractivity contribution in [1.29, 1.82) is 0 Å². The molecule has 2 saturated carbocycles. The van der Waals surface area contributed by atoms with Crippen LogP contribution < -0.4 is 5.32 Å². The number of rotatable bonds is 6. The molecule has 2 aromatic rings. The second-order valence-corrected chi connectivity index (χ2v) is 7.76. The summed E-state index contributed by atoms with van der Waals surface area (Å²) in [6.45, 7) is 0.628. The molecule has 1 aliphatic heterocycles. The van der Waals surface area contributed by atoms with E-state index >= 15 is 0 Å². The molecule has 1 N–H and O–H groups in total. The van der Waals surface area contributed by atoms with Gasteiger partial charge in [0.25, 0.3) is 0 Å². The molecule has 0 unspecified atom stereocenters. The van der Waals surface area contributed by atoms with E-state index in [-0.39, 0.29) is 18.0 Å². The highest BCUT2D eigenvalue weighted by Crippen LogP contribution is 2.42. The van der Waals surface area contributed by atoms with E-state index < -0.39 is 0 Å². The van der Waals surface area contributed by atoms with Gasteiger partial charge in [-0.15, -0.1) is 10.2 Å². The van der Waals surface area contributed by atoms with Crippen LogP contribution in [0.4, 0.5) is 0 Å². The maximum absolute atomic E-state index is 12.7. The Balaban J connectivity index is 1.36. The topological polar surface area (TPSA) is 75.9 Å². The minimum atomic E-state index is 0.0554. The van der Waals surface area contributed by atoms with Crippen LogP contribution in [0.25, 0.3) is 0 Å². The van der Waals surface area contributed by atoms with Gasteiger partial charge in [-0.1, -0.05) is 6.07 Å². The van der Waals surface area contributed by atoms with Gasteiger partial charge in [0.1, 0.15) is 11.6 Å². The van der Waals surface area contributed by atoms with E-state index in [1.54, 1.807) is 6.20 Å². The maximum Gasteiger partial charge on any atom is 0.225 e. The predicted octanol–water partition coefficient (Wildman–Crippen LogP) is 1.68. The number of nitrogens with one attached hydrogen (secondary N) is 1. The van der Waals surface area contributed by atoms with Crippen molar-refractivity contribution in [2.24, 2.45) is 7.05 Å². The summed E-state index contributed by atoms with van der Waals surface area (Å²) in [5.41, 5.74) is 1.11. The second kappa shape index (κ2) is 6.16. The zero-order valence-corrected chi connectivity index (χ0v) is 15.0. The summed E-state index contributed by atoms with van der Waals surface area (Å²) in [4.78, 5) is 19.0. The zero-order chi connectivity index (χ0) is 17.7. The number of hydrogen-bond acceptors (Lipinski definition) is 5. The number of likely N-dealkylation sites (tertiary alicyclic amines) is 1. The average Bonchev–Trinajstić information content (AvgIpc) is 3.58. The largest absolute Gasteiger partial charge is 0.331 e. The van der Waals surface area contributed by atoms with E-state index in [1.165, 1.54) is 12.8 Å². The van der Waals surface area contributed by atoms with Crippen LogP contribution in [0.1, 0.15) is 61.3 Å². The first-order valence-electron chi connectivity index (χ1n) is 9.55. The molecule has 2 atom stereocenters. The Morgan fingerprint density at radius 3 is 2.77 bits per heavy atom. The highest BCUT2D eigenvalue weighted by molar-refractivity contribution is 5.81. The van der Waals surface area contributed by atoms with Crippen LogP contribution in [-0.2, 0) is 18.4 Å². The van der Waals surface area contributed by atoms with E-state index in [0.717, 1.165) is 30.1 Å². The molecule has 3 fully saturated rings. The fourth-order valence-electron chi connectivity index (χ4n) is 4.11. The second-order valence-electron chi connectivity index (χ2n) is 7.76. The first-order valence-corrected chi connectivity index (χ1v) is 9.55. The SMILES string of the molecule is Cn1c(CN[C@@H]2CC(=O)N(C3CC3)[C@H]2c2cccnc2)nnc1C1CC1. The lowest BCUT2D eigenvalue weighted by Gasteiger charge is -2.29. The molecular weight excluding hydrogens is 328 g/mol. The first-order chi connectivity index (χ1) is 12.7. The molecule has 7 nitrogen and oxygen atoms in total. The lowest BCUT2D eigenvalue weighted by atomic mass is 10.0. The standard InChI is InChI=1S/C19H24N6O/c1-24-16(22-23-19(24)12-4-5-12)11-21-15-9-17(26)25(14-6-7-14)18(15)13-3-2-8-20-10-13/h2-3,8,10,12,14-15,18,21H,4-7,9,11H2,1H3/t15-,18+/m1/s1. The van der Waals surface area contributed by atoms with Crippen molar-refractivity contribution in [3.8, 4) is 0 Å². The van der Waals surface area contributed by atoms with Crippen molar-refractivity contribution >= 4 is 5.91 Å². The number of amides is 1. The molecule has 7 heteroatoms. The van der Waals surface area contributed by atoms with Gasteiger partial charge in [0, 0.05) is 43.9 Å². The van der Waals surface area contributed by atoms with E-state index in [1.807, 2.05) is 19.3 Å². The molecule has 0 radical (unpaired) electrons. The van der Waals surface area contributed by atoms with Gasteiger partial charge in [0.05, 0.1) is 12.6 Å². The predicted molar refractivity (Wildman–Crippen MR) is 95.1 cm³/mol. The van der Waals surface area contributed by atoms with Crippen molar-refractivity contribution in [1.82, 2.24) is 30.0 Å². The van der Waals surface area contributed by atoms with Crippen LogP contribution >= 0.6 is 0 Å². The normalized spacial score (nSPS) is 25.9. The van der Waals surface area contributed by atoms with E-state index in [4.69, 9.17) is 0 Å². The van der Waals surface area contributed by atoms with Crippen molar-refractivity contribution in [3.63, 3.8) is 0 Å². The number of hydrogen-bond donors (Lipinski definition) is 1. The minimum Gasteiger partial charge on any atom is -0.331 e. The van der Waals surface area contributed by atoms with Gasteiger partial charge in [0.15, 0.2) is 0 Å². The van der Waals surface area contributed by atoms with Gasteiger partial charge in [-0.3, -0.25) is 9.78 Å². The third kappa shape index (κ3) is 2.80. The molecule has 2 aromatic heterocycles. The lowest BCUT2D eigenvalue weighted by molar-refractivity contribution is -0.129. The quantitative estimate of drug-likeness (QED) is 0.856. The summed E-state index contributed by atoms with van der Waals surface area (Å²) >= 11 is 0. The molecule has 0 spiro atoms. The van der Waals surface area contributed by atoms with Crippen molar-refractivity contribution in [2.45, 2.75) is 62.7 Å². The van der Waals surface area contributed by atoms with Gasteiger partial charge in [-0.2, -0.15) is 0 Å².